The molecule has 0 bridgehead atoms. The van der Waals surface area contributed by atoms with Crippen molar-refractivity contribution in [2.24, 2.45) is 0 Å². The first kappa shape index (κ1) is 9.02. The molecular weight excluding hydrogens is 204 g/mol. The predicted molar refractivity (Wildman–Crippen MR) is 52.4 cm³/mol. The molecule has 5 heteroatoms. The summed E-state index contributed by atoms with van der Waals surface area (Å²) in [6.45, 7) is 1.32. The van der Waals surface area contributed by atoms with Gasteiger partial charge in [0.05, 0.1) is 10.9 Å². The Labute approximate surface area is 84.8 Å². The molecule has 0 amide bonds. The zero-order chi connectivity index (χ0) is 10.1. The number of ether oxygens (including phenoxy) is 1. The molecule has 0 unspecified atom stereocenters. The lowest BCUT2D eigenvalue weighted by molar-refractivity contribution is -0.132. The number of carbonyl (C=O) groups excluding carboxylic acids is 1. The van der Waals surface area contributed by atoms with Gasteiger partial charge >= 0.3 is 5.97 Å². The Morgan fingerprint density at radius 2 is 2.36 bits per heavy atom. The lowest BCUT2D eigenvalue weighted by Crippen LogP contribution is -2.01. The maximum Gasteiger partial charge on any atom is 0.309 e. The van der Waals surface area contributed by atoms with Gasteiger partial charge in [-0.05, 0) is 18.2 Å². The quantitative estimate of drug-likeness (QED) is 0.734. The molecule has 2 aromatic rings. The Morgan fingerprint density at radius 1 is 1.57 bits per heavy atom. The van der Waals surface area contributed by atoms with Crippen molar-refractivity contribution in [3.05, 3.63) is 23.2 Å². The topological polar surface area (TPSA) is 55.0 Å². The second-order valence-electron chi connectivity index (χ2n) is 2.81. The van der Waals surface area contributed by atoms with Gasteiger partial charge in [-0.25, -0.2) is 0 Å². The highest BCUT2D eigenvalue weighted by Gasteiger charge is 2.08. The Morgan fingerprint density at radius 3 is 3.07 bits per heavy atom. The van der Waals surface area contributed by atoms with Crippen LogP contribution in [0.1, 0.15) is 6.92 Å². The number of benzene rings is 1. The smallest absolute Gasteiger partial charge is 0.309 e. The highest BCUT2D eigenvalue weighted by molar-refractivity contribution is 6.31. The van der Waals surface area contributed by atoms with Crippen molar-refractivity contribution in [1.82, 2.24) is 10.2 Å². The van der Waals surface area contributed by atoms with E-state index < -0.39 is 5.97 Å². The number of H-pyrrole nitrogens is 1. The molecule has 0 radical (unpaired) electrons. The van der Waals surface area contributed by atoms with E-state index in [0.717, 1.165) is 5.52 Å². The number of hydrogen-bond donors (Lipinski definition) is 1. The number of halogens is 1. The summed E-state index contributed by atoms with van der Waals surface area (Å²) in [6.07, 6.45) is 0. The fourth-order valence-corrected chi connectivity index (χ4v) is 1.35. The minimum absolute atomic E-state index is 0.259. The summed E-state index contributed by atoms with van der Waals surface area (Å²) in [5.41, 5.74) is 0.783. The van der Waals surface area contributed by atoms with Crippen molar-refractivity contribution in [3.8, 4) is 5.88 Å². The van der Waals surface area contributed by atoms with Gasteiger partial charge < -0.3 is 4.74 Å². The molecule has 1 heterocycles. The highest BCUT2D eigenvalue weighted by atomic mass is 35.5. The number of aromatic amines is 1. The number of hydrogen-bond acceptors (Lipinski definition) is 3. The molecule has 0 atom stereocenters. The third kappa shape index (κ3) is 1.56. The number of rotatable bonds is 1. The molecule has 1 aromatic heterocycles. The zero-order valence-electron chi connectivity index (χ0n) is 7.37. The van der Waals surface area contributed by atoms with Gasteiger partial charge in [-0.3, -0.25) is 9.89 Å². The third-order valence-electron chi connectivity index (χ3n) is 1.73. The predicted octanol–water partition coefficient (Wildman–Crippen LogP) is 2.14. The summed E-state index contributed by atoms with van der Waals surface area (Å²) in [6, 6.07) is 5.20. The van der Waals surface area contributed by atoms with Crippen LogP contribution >= 0.6 is 11.6 Å². The summed E-state index contributed by atoms with van der Waals surface area (Å²) in [5, 5.41) is 7.86. The summed E-state index contributed by atoms with van der Waals surface area (Å²) in [5.74, 6) is -0.145. The zero-order valence-corrected chi connectivity index (χ0v) is 8.13. The van der Waals surface area contributed by atoms with Crippen LogP contribution in [0.5, 0.6) is 5.88 Å². The van der Waals surface area contributed by atoms with E-state index in [0.29, 0.717) is 10.4 Å². The molecule has 1 aromatic carbocycles. The fraction of sp³-hybridized carbons (Fsp3) is 0.111. The average molecular weight is 211 g/mol. The Kier molecular flexibility index (Phi) is 2.13. The number of nitrogens with one attached hydrogen (secondary N) is 1. The van der Waals surface area contributed by atoms with Gasteiger partial charge in [-0.1, -0.05) is 11.6 Å². The molecule has 0 aliphatic carbocycles. The van der Waals surface area contributed by atoms with E-state index in [4.69, 9.17) is 16.3 Å². The van der Waals surface area contributed by atoms with Gasteiger partial charge in [-0.15, -0.1) is 5.10 Å². The van der Waals surface area contributed by atoms with E-state index in [2.05, 4.69) is 10.2 Å². The minimum Gasteiger partial charge on any atom is -0.405 e. The fourth-order valence-electron chi connectivity index (χ4n) is 1.18. The Balaban J connectivity index is 2.55. The van der Waals surface area contributed by atoms with E-state index in [1.54, 1.807) is 18.2 Å². The second-order valence-corrected chi connectivity index (χ2v) is 3.25. The van der Waals surface area contributed by atoms with E-state index in [1.807, 2.05) is 0 Å². The van der Waals surface area contributed by atoms with Crippen molar-refractivity contribution in [3.63, 3.8) is 0 Å². The molecule has 1 N–H and O–H groups in total. The number of carbonyl (C=O) groups is 1. The minimum atomic E-state index is -0.404. The second kappa shape index (κ2) is 3.31. The van der Waals surface area contributed by atoms with E-state index in [1.165, 1.54) is 6.92 Å². The molecule has 0 aliphatic rings. The standard InChI is InChI=1S/C9H7ClN2O2/c1-5(13)14-9-7-4-6(10)2-3-8(7)11-12-9/h2-4H,1H3,(H,11,12). The maximum absolute atomic E-state index is 10.7. The summed E-state index contributed by atoms with van der Waals surface area (Å²) in [4.78, 5) is 10.7. The van der Waals surface area contributed by atoms with Crippen molar-refractivity contribution < 1.29 is 9.53 Å². The van der Waals surface area contributed by atoms with Gasteiger partial charge in [-0.2, -0.15) is 0 Å². The molecule has 72 valence electrons. The van der Waals surface area contributed by atoms with Crippen LogP contribution in [0.15, 0.2) is 18.2 Å². The van der Waals surface area contributed by atoms with Crippen LogP contribution in [0.3, 0.4) is 0 Å². The van der Waals surface area contributed by atoms with Crippen LogP contribution in [0, 0.1) is 0 Å². The van der Waals surface area contributed by atoms with Crippen molar-refractivity contribution in [2.75, 3.05) is 0 Å². The molecular formula is C9H7ClN2O2. The number of fused-ring (bicyclic) bond motifs is 1. The molecule has 0 fully saturated rings. The Hall–Kier alpha value is -1.55. The van der Waals surface area contributed by atoms with Crippen LogP contribution in [0.2, 0.25) is 5.02 Å². The van der Waals surface area contributed by atoms with Gasteiger partial charge in [0.25, 0.3) is 0 Å². The van der Waals surface area contributed by atoms with Crippen LogP contribution < -0.4 is 4.74 Å². The first-order valence-corrected chi connectivity index (χ1v) is 4.36. The summed E-state index contributed by atoms with van der Waals surface area (Å²) >= 11 is 5.80. The lowest BCUT2D eigenvalue weighted by Gasteiger charge is -1.95. The lowest BCUT2D eigenvalue weighted by atomic mass is 10.2. The van der Waals surface area contributed by atoms with Gasteiger partial charge in [0.2, 0.25) is 5.88 Å². The average Bonchev–Trinajstić information content (AvgIpc) is 2.47. The Bertz CT molecular complexity index is 493. The van der Waals surface area contributed by atoms with Gasteiger partial charge in [0.15, 0.2) is 0 Å². The maximum atomic E-state index is 10.7. The normalized spacial score (nSPS) is 10.4. The van der Waals surface area contributed by atoms with E-state index in [9.17, 15) is 4.79 Å². The number of nitrogens with zero attached hydrogens (tertiary/aromatic N) is 1. The molecule has 4 nitrogen and oxygen atoms in total. The third-order valence-corrected chi connectivity index (χ3v) is 1.97. The molecule has 0 saturated carbocycles. The largest absolute Gasteiger partial charge is 0.405 e. The number of esters is 1. The van der Waals surface area contributed by atoms with E-state index in [-0.39, 0.29) is 5.88 Å². The van der Waals surface area contributed by atoms with Crippen LogP contribution in [-0.4, -0.2) is 16.2 Å². The summed E-state index contributed by atoms with van der Waals surface area (Å²) in [7, 11) is 0. The first-order valence-electron chi connectivity index (χ1n) is 3.99. The van der Waals surface area contributed by atoms with Crippen molar-refractivity contribution >= 4 is 28.5 Å². The molecule has 0 saturated heterocycles. The van der Waals surface area contributed by atoms with Gasteiger partial charge in [0.1, 0.15) is 0 Å². The van der Waals surface area contributed by atoms with Crippen LogP contribution in [0.4, 0.5) is 0 Å². The summed E-state index contributed by atoms with van der Waals surface area (Å²) < 4.78 is 4.88. The molecule has 0 aliphatic heterocycles. The van der Waals surface area contributed by atoms with E-state index >= 15 is 0 Å². The monoisotopic (exact) mass is 210 g/mol. The SMILES string of the molecule is CC(=O)Oc1n[nH]c2ccc(Cl)cc12. The number of aromatic nitrogens is 2. The van der Waals surface area contributed by atoms with Gasteiger partial charge in [0, 0.05) is 11.9 Å². The molecule has 2 rings (SSSR count). The first-order chi connectivity index (χ1) is 6.66. The van der Waals surface area contributed by atoms with Crippen molar-refractivity contribution in [1.29, 1.82) is 0 Å². The van der Waals surface area contributed by atoms with Crippen LogP contribution in [0.25, 0.3) is 10.9 Å². The molecule has 14 heavy (non-hydrogen) atoms. The molecule has 0 spiro atoms. The van der Waals surface area contributed by atoms with Crippen LogP contribution in [-0.2, 0) is 4.79 Å². The highest BCUT2D eigenvalue weighted by Crippen LogP contribution is 2.25. The van der Waals surface area contributed by atoms with Crippen molar-refractivity contribution in [2.45, 2.75) is 6.92 Å².